The highest BCUT2D eigenvalue weighted by Crippen LogP contribution is 2.18. The number of nitrogens with two attached hydrogens (primary N) is 1. The molecular formula is C14H16N4O3. The Labute approximate surface area is 121 Å². The third-order valence-electron chi connectivity index (χ3n) is 2.97. The minimum Gasteiger partial charge on any atom is -0.438 e. The molecule has 1 heterocycles. The van der Waals surface area contributed by atoms with Gasteiger partial charge in [-0.15, -0.1) is 0 Å². The monoisotopic (exact) mass is 288 g/mol. The van der Waals surface area contributed by atoms with Crippen LogP contribution < -0.4 is 10.6 Å². The van der Waals surface area contributed by atoms with Crippen LogP contribution in [0.4, 0.5) is 5.69 Å². The lowest BCUT2D eigenvalue weighted by Gasteiger charge is -2.21. The molecule has 0 aliphatic heterocycles. The van der Waals surface area contributed by atoms with Crippen LogP contribution in [0.2, 0.25) is 0 Å². The van der Waals surface area contributed by atoms with Gasteiger partial charge >= 0.3 is 0 Å². The smallest absolute Gasteiger partial charge is 0.295 e. The van der Waals surface area contributed by atoms with Crippen LogP contribution in [0.1, 0.15) is 22.7 Å². The van der Waals surface area contributed by atoms with E-state index in [1.54, 1.807) is 19.1 Å². The fraction of sp³-hybridized carbons (Fsp3) is 0.214. The Morgan fingerprint density at radius 1 is 1.43 bits per heavy atom. The van der Waals surface area contributed by atoms with Crippen molar-refractivity contribution in [3.8, 4) is 0 Å². The van der Waals surface area contributed by atoms with Crippen molar-refractivity contribution in [3.05, 3.63) is 48.2 Å². The fourth-order valence-electron chi connectivity index (χ4n) is 1.86. The second-order valence-corrected chi connectivity index (χ2v) is 4.40. The summed E-state index contributed by atoms with van der Waals surface area (Å²) in [6, 6.07) is 9.11. The predicted octanol–water partition coefficient (Wildman–Crippen LogP) is 1.77. The van der Waals surface area contributed by atoms with E-state index in [9.17, 15) is 4.79 Å². The fourth-order valence-corrected chi connectivity index (χ4v) is 1.86. The second-order valence-electron chi connectivity index (χ2n) is 4.40. The number of amidine groups is 1. The van der Waals surface area contributed by atoms with Crippen molar-refractivity contribution >= 4 is 17.4 Å². The summed E-state index contributed by atoms with van der Waals surface area (Å²) >= 11 is 0. The molecule has 0 fully saturated rings. The molecule has 21 heavy (non-hydrogen) atoms. The zero-order valence-corrected chi connectivity index (χ0v) is 11.6. The van der Waals surface area contributed by atoms with Crippen LogP contribution in [0.5, 0.6) is 0 Å². The molecular weight excluding hydrogens is 272 g/mol. The van der Waals surface area contributed by atoms with E-state index in [0.717, 1.165) is 0 Å². The van der Waals surface area contributed by atoms with Crippen LogP contribution >= 0.6 is 0 Å². The molecule has 0 aliphatic carbocycles. The molecule has 110 valence electrons. The van der Waals surface area contributed by atoms with Crippen molar-refractivity contribution in [1.82, 2.24) is 4.98 Å². The maximum atomic E-state index is 12.6. The van der Waals surface area contributed by atoms with Crippen LogP contribution in [0.15, 0.2) is 46.3 Å². The van der Waals surface area contributed by atoms with E-state index >= 15 is 0 Å². The Balaban J connectivity index is 2.28. The highest BCUT2D eigenvalue weighted by atomic mass is 16.4. The van der Waals surface area contributed by atoms with Gasteiger partial charge in [0, 0.05) is 18.7 Å². The Kier molecular flexibility index (Phi) is 4.55. The molecule has 0 saturated carbocycles. The highest BCUT2D eigenvalue weighted by Gasteiger charge is 2.23. The molecule has 7 nitrogen and oxygen atoms in total. The van der Waals surface area contributed by atoms with Gasteiger partial charge in [-0.05, 0) is 19.1 Å². The number of rotatable bonds is 5. The number of hydrogen-bond donors (Lipinski definition) is 2. The predicted molar refractivity (Wildman–Crippen MR) is 77.4 cm³/mol. The van der Waals surface area contributed by atoms with Gasteiger partial charge < -0.3 is 20.3 Å². The number of carbonyl (C=O) groups excluding carboxylic acids is 1. The minimum absolute atomic E-state index is 0.0537. The quantitative estimate of drug-likeness (QED) is 0.377. The lowest BCUT2D eigenvalue weighted by atomic mass is 10.2. The zero-order valence-electron chi connectivity index (χ0n) is 11.6. The molecule has 0 bridgehead atoms. The average molecular weight is 288 g/mol. The summed E-state index contributed by atoms with van der Waals surface area (Å²) in [5.41, 5.74) is 6.69. The van der Waals surface area contributed by atoms with Crippen LogP contribution in [0, 0.1) is 6.92 Å². The number of aromatic nitrogens is 1. The molecule has 0 spiro atoms. The lowest BCUT2D eigenvalue weighted by molar-refractivity contribution is 0.0960. The van der Waals surface area contributed by atoms with Crippen molar-refractivity contribution < 1.29 is 14.4 Å². The van der Waals surface area contributed by atoms with Crippen LogP contribution in [-0.4, -0.2) is 28.5 Å². The van der Waals surface area contributed by atoms with Gasteiger partial charge in [-0.1, -0.05) is 23.4 Å². The van der Waals surface area contributed by atoms with Gasteiger partial charge in [0.15, 0.2) is 6.39 Å². The van der Waals surface area contributed by atoms with Crippen LogP contribution in [0.3, 0.4) is 0 Å². The number of nitrogens with zero attached hydrogens (tertiary/aromatic N) is 3. The van der Waals surface area contributed by atoms with E-state index in [-0.39, 0.29) is 30.5 Å². The van der Waals surface area contributed by atoms with Crippen molar-refractivity contribution in [3.63, 3.8) is 0 Å². The normalized spacial score (nSPS) is 11.4. The van der Waals surface area contributed by atoms with E-state index in [1.807, 2.05) is 18.2 Å². The first kappa shape index (κ1) is 14.6. The molecule has 0 radical (unpaired) electrons. The lowest BCUT2D eigenvalue weighted by Crippen LogP contribution is -2.34. The summed E-state index contributed by atoms with van der Waals surface area (Å²) in [7, 11) is 0. The zero-order chi connectivity index (χ0) is 15.2. The number of anilines is 1. The van der Waals surface area contributed by atoms with E-state index in [1.165, 1.54) is 11.3 Å². The Morgan fingerprint density at radius 2 is 2.14 bits per heavy atom. The van der Waals surface area contributed by atoms with Gasteiger partial charge in [0.1, 0.15) is 5.84 Å². The number of oxazole rings is 1. The summed E-state index contributed by atoms with van der Waals surface area (Å²) in [6.07, 6.45) is 1.47. The van der Waals surface area contributed by atoms with Gasteiger partial charge in [-0.3, -0.25) is 4.79 Å². The number of carbonyl (C=O) groups is 1. The third-order valence-corrected chi connectivity index (χ3v) is 2.97. The minimum atomic E-state index is -0.318. The summed E-state index contributed by atoms with van der Waals surface area (Å²) < 4.78 is 5.15. The third kappa shape index (κ3) is 3.38. The molecule has 1 aromatic heterocycles. The topological polar surface area (TPSA) is 105 Å². The maximum Gasteiger partial charge on any atom is 0.295 e. The number of para-hydroxylation sites is 1. The van der Waals surface area contributed by atoms with Gasteiger partial charge in [0.25, 0.3) is 5.91 Å². The first-order valence-electron chi connectivity index (χ1n) is 6.37. The van der Waals surface area contributed by atoms with E-state index in [4.69, 9.17) is 15.4 Å². The largest absolute Gasteiger partial charge is 0.438 e. The Bertz CT molecular complexity index is 637. The summed E-state index contributed by atoms with van der Waals surface area (Å²) in [5.74, 6) is -0.0849. The van der Waals surface area contributed by atoms with Crippen molar-refractivity contribution in [2.24, 2.45) is 10.9 Å². The number of oxime groups is 1. The molecule has 0 saturated heterocycles. The standard InChI is InChI=1S/C14H16N4O3/c1-10-13(21-9-16-10)14(19)18(8-7-12(15)17-20)11-5-3-2-4-6-11/h2-6,9,20H,7-8H2,1H3,(H2,15,17). The number of benzene rings is 1. The van der Waals surface area contributed by atoms with Crippen LogP contribution in [-0.2, 0) is 0 Å². The Morgan fingerprint density at radius 3 is 2.71 bits per heavy atom. The molecule has 2 aromatic rings. The Hall–Kier alpha value is -2.83. The second kappa shape index (κ2) is 6.56. The van der Waals surface area contributed by atoms with Crippen molar-refractivity contribution in [2.45, 2.75) is 13.3 Å². The van der Waals surface area contributed by atoms with Gasteiger partial charge in [0.05, 0.1) is 5.69 Å². The number of hydrogen-bond acceptors (Lipinski definition) is 5. The van der Waals surface area contributed by atoms with E-state index in [0.29, 0.717) is 11.4 Å². The summed E-state index contributed by atoms with van der Waals surface area (Å²) in [6.45, 7) is 1.96. The first-order valence-corrected chi connectivity index (χ1v) is 6.37. The molecule has 2 rings (SSSR count). The van der Waals surface area contributed by atoms with Gasteiger partial charge in [-0.25, -0.2) is 4.98 Å². The molecule has 7 heteroatoms. The van der Waals surface area contributed by atoms with E-state index in [2.05, 4.69) is 10.1 Å². The van der Waals surface area contributed by atoms with E-state index < -0.39 is 0 Å². The molecule has 3 N–H and O–H groups in total. The maximum absolute atomic E-state index is 12.6. The van der Waals surface area contributed by atoms with Gasteiger partial charge in [0.2, 0.25) is 5.76 Å². The SMILES string of the molecule is Cc1ncoc1C(=O)N(CC/C(N)=N/O)c1ccccc1. The number of aryl methyl sites for hydroxylation is 1. The van der Waals surface area contributed by atoms with Gasteiger partial charge in [-0.2, -0.15) is 0 Å². The van der Waals surface area contributed by atoms with Crippen LogP contribution in [0.25, 0.3) is 0 Å². The van der Waals surface area contributed by atoms with Crippen molar-refractivity contribution in [1.29, 1.82) is 0 Å². The molecule has 0 atom stereocenters. The first-order chi connectivity index (χ1) is 10.1. The molecule has 0 unspecified atom stereocenters. The molecule has 1 amide bonds. The highest BCUT2D eigenvalue weighted by molar-refractivity contribution is 6.05. The number of amides is 1. The average Bonchev–Trinajstić information content (AvgIpc) is 2.94. The molecule has 0 aliphatic rings. The summed E-state index contributed by atoms with van der Waals surface area (Å²) in [5, 5.41) is 11.5. The van der Waals surface area contributed by atoms with Crippen molar-refractivity contribution in [2.75, 3.05) is 11.4 Å². The molecule has 1 aromatic carbocycles. The summed E-state index contributed by atoms with van der Waals surface area (Å²) in [4.78, 5) is 18.0.